The van der Waals surface area contributed by atoms with E-state index in [4.69, 9.17) is 0 Å². The van der Waals surface area contributed by atoms with Gasteiger partial charge in [0.15, 0.2) is 0 Å². The van der Waals surface area contributed by atoms with Crippen LogP contribution in [0, 0.1) is 18.4 Å². The second-order valence-electron chi connectivity index (χ2n) is 5.54. The van der Waals surface area contributed by atoms with E-state index >= 15 is 0 Å². The van der Waals surface area contributed by atoms with Crippen LogP contribution in [0.2, 0.25) is 0 Å². The van der Waals surface area contributed by atoms with Gasteiger partial charge in [-0.1, -0.05) is 39.3 Å². The third-order valence-electron chi connectivity index (χ3n) is 3.22. The molecule has 0 nitrogen and oxygen atoms in total. The number of hydrogen-bond donors (Lipinski definition) is 0. The van der Waals surface area contributed by atoms with Crippen LogP contribution in [0.1, 0.15) is 38.3 Å². The van der Waals surface area contributed by atoms with Crippen LogP contribution in [0.4, 0.5) is 0 Å². The molecule has 1 aromatic carbocycles. The molecule has 1 radical (unpaired) electrons. The Hall–Kier alpha value is -0.196. The van der Waals surface area contributed by atoms with Crippen molar-refractivity contribution in [2.45, 2.75) is 34.1 Å². The fraction of sp³-hybridized carbons (Fsp3) is 0.375. The van der Waals surface area contributed by atoms with Crippen molar-refractivity contribution < 1.29 is 32.7 Å². The normalized spacial score (nSPS) is 15.1. The molecular formula is C16H19Y-. The molecule has 0 saturated carbocycles. The molecule has 17 heavy (non-hydrogen) atoms. The summed E-state index contributed by atoms with van der Waals surface area (Å²) in [6.45, 7) is 8.98. The third-order valence-corrected chi connectivity index (χ3v) is 3.22. The van der Waals surface area contributed by atoms with E-state index in [0.717, 1.165) is 6.42 Å². The largest absolute Gasteiger partial charge is 0.147 e. The van der Waals surface area contributed by atoms with Gasteiger partial charge < -0.3 is 0 Å². The molecule has 0 saturated heterocycles. The number of hydrogen-bond acceptors (Lipinski definition) is 0. The molecule has 0 fully saturated rings. The van der Waals surface area contributed by atoms with Crippen molar-refractivity contribution in [3.63, 3.8) is 0 Å². The summed E-state index contributed by atoms with van der Waals surface area (Å²) in [5.41, 5.74) is 5.79. The molecule has 1 aliphatic rings. The summed E-state index contributed by atoms with van der Waals surface area (Å²) >= 11 is 0. The molecular weight excluding hydrogens is 281 g/mol. The summed E-state index contributed by atoms with van der Waals surface area (Å²) in [5.74, 6) is 0. The smallest absolute Gasteiger partial charge is 0 e. The summed E-state index contributed by atoms with van der Waals surface area (Å²) in [6.07, 6.45) is 5.60. The molecule has 0 amide bonds. The quantitative estimate of drug-likeness (QED) is 0.667. The minimum absolute atomic E-state index is 0. The van der Waals surface area contributed by atoms with Crippen molar-refractivity contribution in [2.24, 2.45) is 5.41 Å². The van der Waals surface area contributed by atoms with Gasteiger partial charge in [0.2, 0.25) is 0 Å². The predicted octanol–water partition coefficient (Wildman–Crippen LogP) is 4.55. The average Bonchev–Trinajstić information content (AvgIpc) is 2.66. The van der Waals surface area contributed by atoms with Crippen LogP contribution in [0.3, 0.4) is 0 Å². The molecule has 0 aromatic heterocycles. The van der Waals surface area contributed by atoms with E-state index in [2.05, 4.69) is 52.0 Å². The maximum Gasteiger partial charge on any atom is 0 e. The van der Waals surface area contributed by atoms with Crippen LogP contribution in [0.25, 0.3) is 5.57 Å². The Morgan fingerprint density at radius 2 is 1.88 bits per heavy atom. The molecule has 1 aromatic rings. The van der Waals surface area contributed by atoms with Crippen LogP contribution >= 0.6 is 0 Å². The first-order chi connectivity index (χ1) is 7.48. The fourth-order valence-electron chi connectivity index (χ4n) is 2.08. The Morgan fingerprint density at radius 1 is 1.18 bits per heavy atom. The van der Waals surface area contributed by atoms with E-state index in [1.54, 1.807) is 0 Å². The summed E-state index contributed by atoms with van der Waals surface area (Å²) in [6, 6.07) is 9.55. The van der Waals surface area contributed by atoms with Crippen molar-refractivity contribution in [1.29, 1.82) is 0 Å². The van der Waals surface area contributed by atoms with Crippen molar-refractivity contribution in [3.8, 4) is 0 Å². The van der Waals surface area contributed by atoms with Gasteiger partial charge >= 0.3 is 0 Å². The van der Waals surface area contributed by atoms with E-state index in [0.29, 0.717) is 0 Å². The van der Waals surface area contributed by atoms with Gasteiger partial charge in [-0.3, -0.25) is 0 Å². The van der Waals surface area contributed by atoms with Crippen molar-refractivity contribution in [1.82, 2.24) is 0 Å². The van der Waals surface area contributed by atoms with Crippen LogP contribution < -0.4 is 0 Å². The molecule has 2 rings (SSSR count). The fourth-order valence-corrected chi connectivity index (χ4v) is 2.08. The van der Waals surface area contributed by atoms with Crippen molar-refractivity contribution in [2.75, 3.05) is 0 Å². The zero-order chi connectivity index (χ0) is 11.8. The second-order valence-corrected chi connectivity index (χ2v) is 5.54. The summed E-state index contributed by atoms with van der Waals surface area (Å²) in [7, 11) is 0. The molecule has 0 heterocycles. The SMILES string of the molecule is Cc1ccc[c-]c1C1=CC=C(C(C)(C)C)C1.[Y]. The van der Waals surface area contributed by atoms with Gasteiger partial charge in [-0.2, -0.15) is 0 Å². The first-order valence-corrected chi connectivity index (χ1v) is 5.86. The van der Waals surface area contributed by atoms with Crippen molar-refractivity contribution in [3.05, 3.63) is 53.1 Å². The van der Waals surface area contributed by atoms with Crippen LogP contribution in [-0.4, -0.2) is 0 Å². The summed E-state index contributed by atoms with van der Waals surface area (Å²) in [5, 5.41) is 0. The third kappa shape index (κ3) is 3.39. The Labute approximate surface area is 130 Å². The summed E-state index contributed by atoms with van der Waals surface area (Å²) in [4.78, 5) is 0. The van der Waals surface area contributed by atoms with E-state index in [1.807, 2.05) is 12.1 Å². The van der Waals surface area contributed by atoms with Gasteiger partial charge in [-0.15, -0.1) is 47.0 Å². The first kappa shape index (κ1) is 14.9. The molecule has 0 unspecified atom stereocenters. The van der Waals surface area contributed by atoms with E-state index in [-0.39, 0.29) is 38.1 Å². The molecule has 87 valence electrons. The average molecular weight is 300 g/mol. The van der Waals surface area contributed by atoms with Crippen molar-refractivity contribution >= 4 is 5.57 Å². The molecule has 0 N–H and O–H groups in total. The molecule has 0 spiro atoms. The minimum atomic E-state index is 0. The molecule has 1 aliphatic carbocycles. The number of allylic oxidation sites excluding steroid dienone is 4. The van der Waals surface area contributed by atoms with Gasteiger partial charge in [-0.25, -0.2) is 0 Å². The Bertz CT molecular complexity index is 459. The standard InChI is InChI=1S/C16H19.Y/c1-12-7-5-6-8-15(12)13-9-10-14(11-13)16(2,3)4;/h5-7,9-10H,11H2,1-4H3;/q-1;. The van der Waals surface area contributed by atoms with E-state index < -0.39 is 0 Å². The maximum absolute atomic E-state index is 3.35. The summed E-state index contributed by atoms with van der Waals surface area (Å²) < 4.78 is 0. The van der Waals surface area contributed by atoms with Gasteiger partial charge in [0.1, 0.15) is 0 Å². The van der Waals surface area contributed by atoms with Crippen LogP contribution in [-0.2, 0) is 32.7 Å². The maximum atomic E-state index is 3.35. The van der Waals surface area contributed by atoms with Gasteiger partial charge in [-0.05, 0) is 11.8 Å². The molecule has 0 aliphatic heterocycles. The molecule has 0 atom stereocenters. The van der Waals surface area contributed by atoms with Gasteiger partial charge in [0.25, 0.3) is 0 Å². The van der Waals surface area contributed by atoms with E-state index in [9.17, 15) is 0 Å². The minimum Gasteiger partial charge on any atom is -0.147 e. The Morgan fingerprint density at radius 3 is 2.41 bits per heavy atom. The second kappa shape index (κ2) is 5.63. The first-order valence-electron chi connectivity index (χ1n) is 5.86. The van der Waals surface area contributed by atoms with Crippen LogP contribution in [0.5, 0.6) is 0 Å². The Balaban J connectivity index is 0.00000144. The van der Waals surface area contributed by atoms with Gasteiger partial charge in [0, 0.05) is 32.7 Å². The number of benzene rings is 1. The number of rotatable bonds is 1. The van der Waals surface area contributed by atoms with E-state index in [1.165, 1.54) is 22.3 Å². The zero-order valence-corrected chi connectivity index (χ0v) is 14.0. The predicted molar refractivity (Wildman–Crippen MR) is 70.1 cm³/mol. The monoisotopic (exact) mass is 300 g/mol. The molecule has 0 bridgehead atoms. The molecule has 1 heteroatoms. The number of aryl methyl sites for hydroxylation is 1. The topological polar surface area (TPSA) is 0 Å². The zero-order valence-electron chi connectivity index (χ0n) is 11.2. The van der Waals surface area contributed by atoms with Gasteiger partial charge in [0.05, 0.1) is 0 Å². The Kier molecular flexibility index (Phi) is 4.92. The van der Waals surface area contributed by atoms with Crippen LogP contribution in [0.15, 0.2) is 35.9 Å².